The first-order valence-corrected chi connectivity index (χ1v) is 11.1. The van der Waals surface area contributed by atoms with E-state index >= 15 is 0 Å². The summed E-state index contributed by atoms with van der Waals surface area (Å²) in [6, 6.07) is 13.8. The van der Waals surface area contributed by atoms with E-state index < -0.39 is 0 Å². The van der Waals surface area contributed by atoms with Gasteiger partial charge in [-0.1, -0.05) is 23.3 Å². The summed E-state index contributed by atoms with van der Waals surface area (Å²) in [4.78, 5) is 23.1. The van der Waals surface area contributed by atoms with Crippen LogP contribution in [0.4, 0.5) is 11.4 Å². The molecule has 1 aliphatic carbocycles. The second-order valence-corrected chi connectivity index (χ2v) is 8.02. The summed E-state index contributed by atoms with van der Waals surface area (Å²) in [5, 5.41) is 21.2. The maximum absolute atomic E-state index is 11.6. The molecule has 0 aromatic heterocycles. The fourth-order valence-electron chi connectivity index (χ4n) is 3.90. The van der Waals surface area contributed by atoms with Crippen LogP contribution in [-0.2, 0) is 9.47 Å². The maximum atomic E-state index is 11.6. The average molecular weight is 467 g/mol. The van der Waals surface area contributed by atoms with Gasteiger partial charge in [0.15, 0.2) is 0 Å². The zero-order valence-electron chi connectivity index (χ0n) is 19.9. The lowest BCUT2D eigenvalue weighted by Gasteiger charge is -2.38. The molecule has 0 N–H and O–H groups in total. The molecule has 2 aromatic carbocycles. The predicted octanol–water partition coefficient (Wildman–Crippen LogP) is 5.13. The normalized spacial score (nSPS) is 18.1. The molecule has 2 atom stereocenters. The van der Waals surface area contributed by atoms with E-state index in [0.29, 0.717) is 22.5 Å². The van der Waals surface area contributed by atoms with Gasteiger partial charge in [-0.05, 0) is 61.4 Å². The summed E-state index contributed by atoms with van der Waals surface area (Å²) in [6.45, 7) is 0. The summed E-state index contributed by atoms with van der Waals surface area (Å²) < 4.78 is 9.43. The molecule has 3 rings (SSSR count). The molecular weight excluding hydrogens is 436 g/mol. The third kappa shape index (κ3) is 6.37. The van der Waals surface area contributed by atoms with E-state index in [1.54, 1.807) is 48.5 Å². The van der Waals surface area contributed by atoms with Gasteiger partial charge in [0.2, 0.25) is 0 Å². The number of nitrogens with zero attached hydrogens (tertiary/aromatic N) is 6. The fourth-order valence-corrected chi connectivity index (χ4v) is 3.90. The summed E-state index contributed by atoms with van der Waals surface area (Å²) in [7, 11) is 6.52. The number of hydrogen-bond donors (Lipinski definition) is 0. The van der Waals surface area contributed by atoms with Gasteiger partial charge in [-0.2, -0.15) is 0 Å². The van der Waals surface area contributed by atoms with Crippen molar-refractivity contribution in [1.82, 2.24) is 10.0 Å². The van der Waals surface area contributed by atoms with E-state index in [4.69, 9.17) is 9.47 Å². The van der Waals surface area contributed by atoms with Crippen molar-refractivity contribution in [3.8, 4) is 0 Å². The number of hydrogen-bond acceptors (Lipinski definition) is 8. The zero-order valence-corrected chi connectivity index (χ0v) is 19.9. The van der Waals surface area contributed by atoms with Gasteiger partial charge in [0.1, 0.15) is 0 Å². The van der Waals surface area contributed by atoms with Crippen molar-refractivity contribution >= 4 is 23.3 Å². The molecule has 0 radical (unpaired) electrons. The van der Waals surface area contributed by atoms with E-state index in [-0.39, 0.29) is 24.0 Å². The van der Waals surface area contributed by atoms with Crippen LogP contribution < -0.4 is 0 Å². The van der Waals surface area contributed by atoms with Crippen molar-refractivity contribution < 1.29 is 19.1 Å². The minimum Gasteiger partial charge on any atom is -0.465 e. The lowest BCUT2D eigenvalue weighted by molar-refractivity contribution is 0.0592. The van der Waals surface area contributed by atoms with Gasteiger partial charge >= 0.3 is 11.9 Å². The van der Waals surface area contributed by atoms with E-state index in [1.165, 1.54) is 14.2 Å². The number of ether oxygens (including phenoxy) is 2. The smallest absolute Gasteiger partial charge is 0.337 e. The van der Waals surface area contributed by atoms with Crippen molar-refractivity contribution in [2.75, 3.05) is 28.3 Å². The Kier molecular flexibility index (Phi) is 8.66. The Bertz CT molecular complexity index is 939. The number of carbonyl (C=O) groups excluding carboxylic acids is 2. The molecule has 0 aliphatic heterocycles. The highest BCUT2D eigenvalue weighted by Gasteiger charge is 2.31. The minimum atomic E-state index is -0.387. The quantitative estimate of drug-likeness (QED) is 0.303. The third-order valence-electron chi connectivity index (χ3n) is 5.83. The SMILES string of the molecule is COC(=O)c1ccc(N=NN(C)C2CCCCC2N(C)N=Nc2ccc(C(=O)OC)cc2)cc1. The molecule has 34 heavy (non-hydrogen) atoms. The Balaban J connectivity index is 1.64. The molecule has 0 spiro atoms. The molecule has 1 fully saturated rings. The molecule has 10 heteroatoms. The van der Waals surface area contributed by atoms with Crippen molar-refractivity contribution in [2.24, 2.45) is 20.7 Å². The largest absolute Gasteiger partial charge is 0.465 e. The van der Waals surface area contributed by atoms with Gasteiger partial charge in [0.25, 0.3) is 0 Å². The topological polar surface area (TPSA) is 109 Å². The number of carbonyl (C=O) groups is 2. The van der Waals surface area contributed by atoms with Crippen LogP contribution in [0.1, 0.15) is 46.4 Å². The van der Waals surface area contributed by atoms with E-state index in [9.17, 15) is 9.59 Å². The second kappa shape index (κ2) is 11.9. The summed E-state index contributed by atoms with van der Waals surface area (Å²) in [6.07, 6.45) is 4.15. The van der Waals surface area contributed by atoms with Crippen LogP contribution in [0, 0.1) is 0 Å². The zero-order chi connectivity index (χ0) is 24.5. The molecule has 0 heterocycles. The second-order valence-electron chi connectivity index (χ2n) is 8.02. The minimum absolute atomic E-state index is 0.123. The van der Waals surface area contributed by atoms with Crippen molar-refractivity contribution in [2.45, 2.75) is 37.8 Å². The summed E-state index contributed by atoms with van der Waals surface area (Å²) in [5.74, 6) is -0.774. The lowest BCUT2D eigenvalue weighted by atomic mass is 9.90. The predicted molar refractivity (Wildman–Crippen MR) is 126 cm³/mol. The van der Waals surface area contributed by atoms with Gasteiger partial charge in [-0.3, -0.25) is 10.0 Å². The molecule has 1 saturated carbocycles. The van der Waals surface area contributed by atoms with E-state index in [2.05, 4.69) is 20.7 Å². The first-order valence-electron chi connectivity index (χ1n) is 11.1. The number of esters is 2. The number of benzene rings is 2. The Morgan fingerprint density at radius 3 is 1.38 bits per heavy atom. The Hall–Kier alpha value is -3.82. The average Bonchev–Trinajstić information content (AvgIpc) is 2.90. The van der Waals surface area contributed by atoms with Crippen LogP contribution in [0.25, 0.3) is 0 Å². The van der Waals surface area contributed by atoms with Crippen LogP contribution in [0.15, 0.2) is 69.2 Å². The summed E-state index contributed by atoms with van der Waals surface area (Å²) >= 11 is 0. The molecule has 10 nitrogen and oxygen atoms in total. The summed E-state index contributed by atoms with van der Waals surface area (Å²) in [5.41, 5.74) is 2.23. The fraction of sp³-hybridized carbons (Fsp3) is 0.417. The highest BCUT2D eigenvalue weighted by atomic mass is 16.5. The number of likely N-dealkylation sites (N-methyl/N-ethyl adjacent to an activating group) is 2. The number of methoxy groups -OCH3 is 2. The van der Waals surface area contributed by atoms with Crippen LogP contribution in [0.2, 0.25) is 0 Å². The molecule has 2 aromatic rings. The molecule has 1 aliphatic rings. The van der Waals surface area contributed by atoms with Crippen LogP contribution >= 0.6 is 0 Å². The molecule has 0 amide bonds. The maximum Gasteiger partial charge on any atom is 0.337 e. The van der Waals surface area contributed by atoms with Crippen molar-refractivity contribution in [1.29, 1.82) is 0 Å². The third-order valence-corrected chi connectivity index (χ3v) is 5.83. The first kappa shape index (κ1) is 24.8. The van der Waals surface area contributed by atoms with Crippen LogP contribution in [-0.4, -0.2) is 62.4 Å². The molecular formula is C24H30N6O4. The standard InChI is InChI=1S/C24H30N6O4/c1-29(27-25-19-13-9-17(10-14-19)23(31)33-3)21-7-5-6-8-22(21)30(2)28-26-20-15-11-18(12-16-20)24(32)34-4/h9-16,21-22H,5-8H2,1-4H3. The van der Waals surface area contributed by atoms with Gasteiger partial charge in [0.05, 0.1) is 48.8 Å². The van der Waals surface area contributed by atoms with Crippen molar-refractivity contribution in [3.05, 3.63) is 59.7 Å². The molecule has 180 valence electrons. The van der Waals surface area contributed by atoms with Gasteiger partial charge in [-0.15, -0.1) is 10.2 Å². The van der Waals surface area contributed by atoms with Crippen molar-refractivity contribution in [3.63, 3.8) is 0 Å². The van der Waals surface area contributed by atoms with Crippen LogP contribution in [0.5, 0.6) is 0 Å². The highest BCUT2D eigenvalue weighted by Crippen LogP contribution is 2.28. The Morgan fingerprint density at radius 2 is 1.06 bits per heavy atom. The molecule has 0 bridgehead atoms. The Labute approximate surface area is 199 Å². The molecule has 2 unspecified atom stereocenters. The van der Waals surface area contributed by atoms with E-state index in [0.717, 1.165) is 25.7 Å². The highest BCUT2D eigenvalue weighted by molar-refractivity contribution is 5.90. The van der Waals surface area contributed by atoms with Gasteiger partial charge in [0, 0.05) is 14.1 Å². The number of rotatable bonds is 8. The van der Waals surface area contributed by atoms with Crippen LogP contribution in [0.3, 0.4) is 0 Å². The molecule has 0 saturated heterocycles. The lowest BCUT2D eigenvalue weighted by Crippen LogP contribution is -2.47. The monoisotopic (exact) mass is 466 g/mol. The first-order chi connectivity index (χ1) is 16.4. The Morgan fingerprint density at radius 1 is 0.706 bits per heavy atom. The van der Waals surface area contributed by atoms with Gasteiger partial charge in [-0.25, -0.2) is 9.59 Å². The van der Waals surface area contributed by atoms with Gasteiger partial charge < -0.3 is 9.47 Å². The van der Waals surface area contributed by atoms with E-state index in [1.807, 2.05) is 24.1 Å².